The van der Waals surface area contributed by atoms with Crippen molar-refractivity contribution in [3.63, 3.8) is 0 Å². The van der Waals surface area contributed by atoms with Gasteiger partial charge in [-0.25, -0.2) is 0 Å². The fourth-order valence-electron chi connectivity index (χ4n) is 3.74. The second-order valence-electron chi connectivity index (χ2n) is 6.93. The summed E-state index contributed by atoms with van der Waals surface area (Å²) >= 11 is 0. The zero-order valence-electron chi connectivity index (χ0n) is 16.1. The molecule has 0 radical (unpaired) electrons. The smallest absolute Gasteiger partial charge is 0.311 e. The van der Waals surface area contributed by atoms with Crippen LogP contribution < -0.4 is 0 Å². The van der Waals surface area contributed by atoms with E-state index in [4.69, 9.17) is 13.7 Å². The Morgan fingerprint density at radius 1 is 1.25 bits per heavy atom. The fourth-order valence-corrected chi connectivity index (χ4v) is 4.70. The van der Waals surface area contributed by atoms with Gasteiger partial charge >= 0.3 is 5.97 Å². The number of aryl methyl sites for hydroxylation is 1. The van der Waals surface area contributed by atoms with Crippen LogP contribution >= 0.6 is 0 Å². The van der Waals surface area contributed by atoms with E-state index < -0.39 is 46.0 Å². The van der Waals surface area contributed by atoms with Crippen LogP contribution in [-0.2, 0) is 33.4 Å². The molecule has 1 aromatic rings. The van der Waals surface area contributed by atoms with Crippen molar-refractivity contribution in [3.05, 3.63) is 29.8 Å². The van der Waals surface area contributed by atoms with E-state index in [1.165, 1.54) is 26.4 Å². The Morgan fingerprint density at radius 2 is 1.89 bits per heavy atom. The monoisotopic (exact) mass is 414 g/mol. The van der Waals surface area contributed by atoms with Crippen molar-refractivity contribution in [1.82, 2.24) is 0 Å². The van der Waals surface area contributed by atoms with E-state index in [1.807, 2.05) is 6.92 Å². The van der Waals surface area contributed by atoms with Crippen LogP contribution in [-0.4, -0.2) is 58.8 Å². The molecule has 1 fully saturated rings. The number of benzene rings is 1. The van der Waals surface area contributed by atoms with Gasteiger partial charge in [0.2, 0.25) is 0 Å². The Balaban J connectivity index is 2.23. The highest BCUT2D eigenvalue weighted by Crippen LogP contribution is 2.39. The number of hydrogen-bond donors (Lipinski definition) is 1. The average molecular weight is 414 g/mol. The minimum Gasteiger partial charge on any atom is -0.469 e. The van der Waals surface area contributed by atoms with Crippen LogP contribution in [0.4, 0.5) is 0 Å². The van der Waals surface area contributed by atoms with Crippen molar-refractivity contribution in [1.29, 1.82) is 0 Å². The summed E-state index contributed by atoms with van der Waals surface area (Å²) in [7, 11) is -1.44. The molecule has 8 nitrogen and oxygen atoms in total. The number of aliphatic hydroxyl groups is 1. The standard InChI is InChI=1S/C19H26O8S/c1-12-4-6-14(7-5-12)28(23,24)27-11-13-10-16(21)18(25-2)17(19(22)26-3)15(13)8-9-20/h4-7,9,13,15-18,21H,8,10-11H2,1-3H3/t13-,15+,16-,17+,18+/m0/s1. The van der Waals surface area contributed by atoms with Crippen molar-refractivity contribution in [2.45, 2.75) is 36.9 Å². The lowest BCUT2D eigenvalue weighted by Crippen LogP contribution is -2.52. The Labute approximate surface area is 164 Å². The maximum atomic E-state index is 12.5. The first-order chi connectivity index (χ1) is 13.2. The molecule has 0 amide bonds. The van der Waals surface area contributed by atoms with E-state index in [1.54, 1.807) is 12.1 Å². The van der Waals surface area contributed by atoms with Crippen LogP contribution in [0.5, 0.6) is 0 Å². The van der Waals surface area contributed by atoms with E-state index in [9.17, 15) is 23.1 Å². The Morgan fingerprint density at radius 3 is 2.43 bits per heavy atom. The third-order valence-electron chi connectivity index (χ3n) is 5.21. The van der Waals surface area contributed by atoms with Crippen LogP contribution in [0, 0.1) is 24.7 Å². The molecule has 1 aliphatic rings. The molecule has 156 valence electrons. The molecule has 0 saturated heterocycles. The lowest BCUT2D eigenvalue weighted by atomic mass is 9.68. The number of carbonyl (C=O) groups excluding carboxylic acids is 2. The summed E-state index contributed by atoms with van der Waals surface area (Å²) in [6.07, 6.45) is -1.08. The highest BCUT2D eigenvalue weighted by Gasteiger charge is 2.48. The molecule has 1 saturated carbocycles. The van der Waals surface area contributed by atoms with E-state index >= 15 is 0 Å². The zero-order valence-corrected chi connectivity index (χ0v) is 16.9. The predicted molar refractivity (Wildman–Crippen MR) is 98.9 cm³/mol. The number of esters is 1. The molecule has 0 spiro atoms. The summed E-state index contributed by atoms with van der Waals surface area (Å²) in [5.74, 6) is -2.65. The summed E-state index contributed by atoms with van der Waals surface area (Å²) in [4.78, 5) is 23.5. The van der Waals surface area contributed by atoms with E-state index in [0.717, 1.165) is 5.56 Å². The molecule has 0 bridgehead atoms. The SMILES string of the molecule is COC(=O)[C@@H]1[C@H](CC=O)[C@H](COS(=O)(=O)c2ccc(C)cc2)C[C@H](O)[C@H]1OC. The summed E-state index contributed by atoms with van der Waals surface area (Å²) in [5.41, 5.74) is 0.909. The summed E-state index contributed by atoms with van der Waals surface area (Å²) in [6.45, 7) is 1.57. The van der Waals surface area contributed by atoms with Gasteiger partial charge in [0.25, 0.3) is 10.1 Å². The number of methoxy groups -OCH3 is 2. The van der Waals surface area contributed by atoms with Gasteiger partial charge < -0.3 is 19.4 Å². The highest BCUT2D eigenvalue weighted by molar-refractivity contribution is 7.86. The maximum Gasteiger partial charge on any atom is 0.311 e. The lowest BCUT2D eigenvalue weighted by molar-refractivity contribution is -0.170. The lowest BCUT2D eigenvalue weighted by Gasteiger charge is -2.42. The quantitative estimate of drug-likeness (QED) is 0.382. The molecule has 0 aliphatic heterocycles. The van der Waals surface area contributed by atoms with Gasteiger partial charge in [0.1, 0.15) is 6.29 Å². The van der Waals surface area contributed by atoms with Crippen molar-refractivity contribution in [2.75, 3.05) is 20.8 Å². The Hall–Kier alpha value is -1.81. The molecule has 0 aromatic heterocycles. The predicted octanol–water partition coefficient (Wildman–Crippen LogP) is 1.09. The second-order valence-corrected chi connectivity index (χ2v) is 8.55. The molecule has 0 unspecified atom stereocenters. The molecule has 0 heterocycles. The van der Waals surface area contributed by atoms with Crippen LogP contribution in [0.2, 0.25) is 0 Å². The number of rotatable bonds is 8. The molecule has 28 heavy (non-hydrogen) atoms. The third-order valence-corrected chi connectivity index (χ3v) is 6.50. The first-order valence-electron chi connectivity index (χ1n) is 8.93. The number of ether oxygens (including phenoxy) is 2. The normalized spacial score (nSPS) is 27.9. The molecular formula is C19H26O8S. The van der Waals surface area contributed by atoms with Gasteiger partial charge in [-0.05, 0) is 37.3 Å². The van der Waals surface area contributed by atoms with Crippen LogP contribution in [0.3, 0.4) is 0 Å². The van der Waals surface area contributed by atoms with Crippen LogP contribution in [0.25, 0.3) is 0 Å². The van der Waals surface area contributed by atoms with Crippen molar-refractivity contribution < 1.29 is 36.8 Å². The molecule has 2 rings (SSSR count). The van der Waals surface area contributed by atoms with Gasteiger partial charge in [0, 0.05) is 13.5 Å². The second kappa shape index (κ2) is 9.60. The number of aldehydes is 1. The van der Waals surface area contributed by atoms with Gasteiger partial charge in [-0.1, -0.05) is 17.7 Å². The Bertz CT molecular complexity index is 774. The molecule has 1 aromatic carbocycles. The van der Waals surface area contributed by atoms with Gasteiger partial charge in [0.05, 0.1) is 36.7 Å². The van der Waals surface area contributed by atoms with E-state index in [2.05, 4.69) is 0 Å². The first kappa shape index (κ1) is 22.5. The third kappa shape index (κ3) is 4.96. The van der Waals surface area contributed by atoms with Crippen LogP contribution in [0.15, 0.2) is 29.2 Å². The summed E-state index contributed by atoms with van der Waals surface area (Å²) in [5, 5.41) is 10.4. The molecule has 5 atom stereocenters. The van der Waals surface area contributed by atoms with Crippen molar-refractivity contribution in [3.8, 4) is 0 Å². The minimum absolute atomic E-state index is 0.00898. The van der Waals surface area contributed by atoms with Gasteiger partial charge in [0.15, 0.2) is 0 Å². The maximum absolute atomic E-state index is 12.5. The summed E-state index contributed by atoms with van der Waals surface area (Å²) < 4.78 is 40.2. The Kier molecular flexibility index (Phi) is 7.70. The van der Waals surface area contributed by atoms with Gasteiger partial charge in [-0.15, -0.1) is 0 Å². The number of hydrogen-bond acceptors (Lipinski definition) is 8. The van der Waals surface area contributed by atoms with Crippen LogP contribution in [0.1, 0.15) is 18.4 Å². The fraction of sp³-hybridized carbons (Fsp3) is 0.579. The van der Waals surface area contributed by atoms with Gasteiger partial charge in [-0.2, -0.15) is 8.42 Å². The number of aliphatic hydroxyl groups excluding tert-OH is 1. The average Bonchev–Trinajstić information content (AvgIpc) is 2.67. The zero-order chi connectivity index (χ0) is 20.9. The minimum atomic E-state index is -4.01. The molecule has 1 aliphatic carbocycles. The topological polar surface area (TPSA) is 116 Å². The van der Waals surface area contributed by atoms with E-state index in [0.29, 0.717) is 6.29 Å². The summed E-state index contributed by atoms with van der Waals surface area (Å²) in [6, 6.07) is 6.21. The highest BCUT2D eigenvalue weighted by atomic mass is 32.2. The van der Waals surface area contributed by atoms with Gasteiger partial charge in [-0.3, -0.25) is 8.98 Å². The first-order valence-corrected chi connectivity index (χ1v) is 10.3. The molecule has 1 N–H and O–H groups in total. The number of carbonyl (C=O) groups is 2. The largest absolute Gasteiger partial charge is 0.469 e. The van der Waals surface area contributed by atoms with E-state index in [-0.39, 0.29) is 24.3 Å². The van der Waals surface area contributed by atoms with Crippen molar-refractivity contribution >= 4 is 22.4 Å². The van der Waals surface area contributed by atoms with Crippen molar-refractivity contribution in [2.24, 2.45) is 17.8 Å². The molecule has 9 heteroatoms. The molecular weight excluding hydrogens is 388 g/mol.